The highest BCUT2D eigenvalue weighted by atomic mass is 19.4. The molecule has 1 unspecified atom stereocenters. The summed E-state index contributed by atoms with van der Waals surface area (Å²) in [4.78, 5) is 0. The molecule has 1 N–H and O–H groups in total. The molecule has 0 aliphatic carbocycles. The minimum Gasteiger partial charge on any atom is -0.388 e. The van der Waals surface area contributed by atoms with Crippen molar-refractivity contribution in [2.24, 2.45) is 5.92 Å². The lowest BCUT2D eigenvalue weighted by Crippen LogP contribution is -2.13. The van der Waals surface area contributed by atoms with Crippen LogP contribution in [0.2, 0.25) is 0 Å². The Morgan fingerprint density at radius 1 is 1.17 bits per heavy atom. The van der Waals surface area contributed by atoms with Gasteiger partial charge in [0.05, 0.1) is 11.7 Å². The first-order valence-corrected chi connectivity index (χ1v) is 5.85. The number of halogens is 4. The Balaban J connectivity index is 3.04. The molecular weight excluding hydrogens is 248 g/mol. The van der Waals surface area contributed by atoms with Gasteiger partial charge in [-0.3, -0.25) is 0 Å². The van der Waals surface area contributed by atoms with E-state index in [9.17, 15) is 22.7 Å². The minimum absolute atomic E-state index is 0.0823. The molecule has 102 valence electrons. The van der Waals surface area contributed by atoms with Crippen LogP contribution < -0.4 is 0 Å². The van der Waals surface area contributed by atoms with Gasteiger partial charge in [-0.05, 0) is 23.6 Å². The predicted octanol–water partition coefficient (Wildman–Crippen LogP) is 4.31. The highest BCUT2D eigenvalue weighted by Crippen LogP contribution is 2.34. The number of alkyl halides is 3. The Labute approximate surface area is 103 Å². The molecule has 0 radical (unpaired) electrons. The maximum absolute atomic E-state index is 13.3. The lowest BCUT2D eigenvalue weighted by atomic mass is 9.91. The van der Waals surface area contributed by atoms with Gasteiger partial charge in [0.2, 0.25) is 0 Å². The van der Waals surface area contributed by atoms with E-state index in [4.69, 9.17) is 0 Å². The summed E-state index contributed by atoms with van der Waals surface area (Å²) in [5, 5.41) is 9.95. The Hall–Kier alpha value is -1.10. The Morgan fingerprint density at radius 3 is 2.11 bits per heavy atom. The van der Waals surface area contributed by atoms with Gasteiger partial charge in [0.15, 0.2) is 0 Å². The topological polar surface area (TPSA) is 20.2 Å². The molecule has 1 nitrogen and oxygen atoms in total. The smallest absolute Gasteiger partial charge is 0.388 e. The zero-order valence-electron chi connectivity index (χ0n) is 10.3. The van der Waals surface area contributed by atoms with Gasteiger partial charge in [0, 0.05) is 0 Å². The van der Waals surface area contributed by atoms with Gasteiger partial charge in [-0.25, -0.2) is 4.39 Å². The van der Waals surface area contributed by atoms with Crippen molar-refractivity contribution in [1.82, 2.24) is 0 Å². The molecule has 1 aromatic rings. The summed E-state index contributed by atoms with van der Waals surface area (Å²) in [6.45, 7) is 3.75. The Morgan fingerprint density at radius 2 is 1.72 bits per heavy atom. The van der Waals surface area contributed by atoms with Gasteiger partial charge < -0.3 is 5.11 Å². The fourth-order valence-corrected chi connectivity index (χ4v) is 1.95. The van der Waals surface area contributed by atoms with E-state index >= 15 is 0 Å². The molecule has 5 heteroatoms. The van der Waals surface area contributed by atoms with Crippen LogP contribution in [0.5, 0.6) is 0 Å². The molecule has 1 rings (SSSR count). The van der Waals surface area contributed by atoms with Crippen LogP contribution in [0.1, 0.15) is 43.9 Å². The average Bonchev–Trinajstić information content (AvgIpc) is 2.28. The first kappa shape index (κ1) is 15.0. The largest absolute Gasteiger partial charge is 0.419 e. The minimum atomic E-state index is -4.71. The summed E-state index contributed by atoms with van der Waals surface area (Å²) in [6, 6.07) is 2.58. The molecule has 0 amide bonds. The number of benzene rings is 1. The second-order valence-corrected chi connectivity index (χ2v) is 4.26. The summed E-state index contributed by atoms with van der Waals surface area (Å²) in [6.07, 6.45) is -4.28. The van der Waals surface area contributed by atoms with Crippen molar-refractivity contribution in [3.63, 3.8) is 0 Å². The van der Waals surface area contributed by atoms with Crippen molar-refractivity contribution in [1.29, 1.82) is 0 Å². The van der Waals surface area contributed by atoms with Crippen molar-refractivity contribution in [3.8, 4) is 0 Å². The monoisotopic (exact) mass is 264 g/mol. The van der Waals surface area contributed by atoms with Crippen LogP contribution in [0.15, 0.2) is 18.2 Å². The van der Waals surface area contributed by atoms with E-state index in [2.05, 4.69) is 0 Å². The third-order valence-electron chi connectivity index (χ3n) is 3.14. The van der Waals surface area contributed by atoms with Crippen molar-refractivity contribution in [3.05, 3.63) is 35.1 Å². The zero-order valence-corrected chi connectivity index (χ0v) is 10.3. The Bertz CT molecular complexity index is 396. The number of hydrogen-bond acceptors (Lipinski definition) is 1. The summed E-state index contributed by atoms with van der Waals surface area (Å²) in [7, 11) is 0. The number of aliphatic hydroxyl groups is 1. The van der Waals surface area contributed by atoms with Gasteiger partial charge in [-0.1, -0.05) is 32.8 Å². The van der Waals surface area contributed by atoms with Gasteiger partial charge in [-0.2, -0.15) is 13.2 Å². The summed E-state index contributed by atoms with van der Waals surface area (Å²) in [5.74, 6) is -1.42. The van der Waals surface area contributed by atoms with Crippen LogP contribution >= 0.6 is 0 Å². The number of rotatable bonds is 4. The average molecular weight is 264 g/mol. The molecule has 0 heterocycles. The van der Waals surface area contributed by atoms with Crippen molar-refractivity contribution < 1.29 is 22.7 Å². The molecule has 1 atom stereocenters. The van der Waals surface area contributed by atoms with E-state index in [1.807, 2.05) is 13.8 Å². The standard InChI is InChI=1S/C13H16F4O/c1-3-8(4-2)12(18)9-5-6-10(11(14)7-9)13(15,16)17/h5-8,12,18H,3-4H2,1-2H3. The molecule has 18 heavy (non-hydrogen) atoms. The first-order valence-electron chi connectivity index (χ1n) is 5.85. The zero-order chi connectivity index (χ0) is 13.9. The summed E-state index contributed by atoms with van der Waals surface area (Å²) < 4.78 is 50.5. The van der Waals surface area contributed by atoms with Crippen LogP contribution in [-0.4, -0.2) is 5.11 Å². The van der Waals surface area contributed by atoms with Crippen LogP contribution in [0.3, 0.4) is 0 Å². The van der Waals surface area contributed by atoms with E-state index in [1.54, 1.807) is 0 Å². The predicted molar refractivity (Wildman–Crippen MR) is 60.4 cm³/mol. The van der Waals surface area contributed by atoms with E-state index < -0.39 is 23.7 Å². The van der Waals surface area contributed by atoms with Crippen molar-refractivity contribution in [2.75, 3.05) is 0 Å². The van der Waals surface area contributed by atoms with E-state index in [1.165, 1.54) is 0 Å². The van der Waals surface area contributed by atoms with Crippen molar-refractivity contribution in [2.45, 2.75) is 39.0 Å². The normalized spacial score (nSPS) is 14.0. The van der Waals surface area contributed by atoms with Gasteiger partial charge >= 0.3 is 6.18 Å². The van der Waals surface area contributed by atoms with Crippen LogP contribution in [0.4, 0.5) is 17.6 Å². The molecule has 1 aromatic carbocycles. The van der Waals surface area contributed by atoms with Gasteiger partial charge in [0.25, 0.3) is 0 Å². The van der Waals surface area contributed by atoms with Crippen LogP contribution in [-0.2, 0) is 6.18 Å². The second-order valence-electron chi connectivity index (χ2n) is 4.26. The SMILES string of the molecule is CCC(CC)C(O)c1ccc(C(F)(F)F)c(F)c1. The van der Waals surface area contributed by atoms with E-state index in [0.29, 0.717) is 18.9 Å². The maximum atomic E-state index is 13.3. The fraction of sp³-hybridized carbons (Fsp3) is 0.538. The highest BCUT2D eigenvalue weighted by Gasteiger charge is 2.34. The molecule has 0 spiro atoms. The van der Waals surface area contributed by atoms with Crippen LogP contribution in [0.25, 0.3) is 0 Å². The highest BCUT2D eigenvalue weighted by molar-refractivity contribution is 5.28. The lowest BCUT2D eigenvalue weighted by molar-refractivity contribution is -0.140. The molecule has 0 aliphatic heterocycles. The molecule has 0 bridgehead atoms. The molecule has 0 aromatic heterocycles. The second kappa shape index (κ2) is 5.69. The molecular formula is C13H16F4O. The first-order chi connectivity index (χ1) is 8.31. The quantitative estimate of drug-likeness (QED) is 0.803. The lowest BCUT2D eigenvalue weighted by Gasteiger charge is -2.21. The van der Waals surface area contributed by atoms with E-state index in [-0.39, 0.29) is 11.5 Å². The van der Waals surface area contributed by atoms with Gasteiger partial charge in [-0.15, -0.1) is 0 Å². The number of aliphatic hydroxyl groups excluding tert-OH is 1. The summed E-state index contributed by atoms with van der Waals surface area (Å²) >= 11 is 0. The third kappa shape index (κ3) is 3.22. The molecule has 0 saturated heterocycles. The maximum Gasteiger partial charge on any atom is 0.419 e. The molecule has 0 saturated carbocycles. The van der Waals surface area contributed by atoms with Crippen molar-refractivity contribution >= 4 is 0 Å². The Kier molecular flexibility index (Phi) is 4.73. The van der Waals surface area contributed by atoms with Gasteiger partial charge in [0.1, 0.15) is 5.82 Å². The van der Waals surface area contributed by atoms with E-state index in [0.717, 1.165) is 12.1 Å². The third-order valence-corrected chi connectivity index (χ3v) is 3.14. The van der Waals surface area contributed by atoms with Crippen LogP contribution in [0, 0.1) is 11.7 Å². The fourth-order valence-electron chi connectivity index (χ4n) is 1.95. The summed E-state index contributed by atoms with van der Waals surface area (Å²) in [5.41, 5.74) is -1.11. The molecule has 0 fully saturated rings. The number of hydrogen-bond donors (Lipinski definition) is 1. The molecule has 0 aliphatic rings.